The van der Waals surface area contributed by atoms with Crippen LogP contribution in [0.4, 0.5) is 19.1 Å². The quantitative estimate of drug-likeness (QED) is 0.869. The highest BCUT2D eigenvalue weighted by molar-refractivity contribution is 5.29. The second kappa shape index (κ2) is 5.65. The Labute approximate surface area is 129 Å². The molecule has 2 aromatic rings. The molecule has 3 N–H and O–H groups in total. The van der Waals surface area contributed by atoms with Crippen molar-refractivity contribution in [2.75, 3.05) is 12.3 Å². The van der Waals surface area contributed by atoms with Crippen molar-refractivity contribution < 1.29 is 13.2 Å². The topological polar surface area (TPSA) is 87.9 Å². The van der Waals surface area contributed by atoms with Gasteiger partial charge in [-0.2, -0.15) is 13.2 Å². The van der Waals surface area contributed by atoms with Crippen molar-refractivity contribution in [3.8, 4) is 0 Å². The predicted octanol–water partition coefficient (Wildman–Crippen LogP) is 1.32. The Morgan fingerprint density at radius 1 is 1.39 bits per heavy atom. The summed E-state index contributed by atoms with van der Waals surface area (Å²) < 4.78 is 39.1. The van der Waals surface area contributed by atoms with Gasteiger partial charge in [0.2, 0.25) is 5.95 Å². The first kappa shape index (κ1) is 15.5. The molecule has 3 heterocycles. The van der Waals surface area contributed by atoms with Crippen molar-refractivity contribution in [1.29, 1.82) is 0 Å². The summed E-state index contributed by atoms with van der Waals surface area (Å²) >= 11 is 0. The highest BCUT2D eigenvalue weighted by atomic mass is 19.4. The van der Waals surface area contributed by atoms with Crippen LogP contribution in [0.3, 0.4) is 0 Å². The monoisotopic (exact) mass is 325 g/mol. The van der Waals surface area contributed by atoms with E-state index >= 15 is 0 Å². The second-order valence-electron chi connectivity index (χ2n) is 5.37. The van der Waals surface area contributed by atoms with Crippen molar-refractivity contribution in [2.45, 2.75) is 25.7 Å². The molecule has 23 heavy (non-hydrogen) atoms. The number of pyridine rings is 1. The SMILES string of the molecule is Nc1nc2c(c(=O)[nH]1)CN(Cc1cnccc1C(F)(F)F)CC2. The number of halogens is 3. The molecule has 122 valence electrons. The summed E-state index contributed by atoms with van der Waals surface area (Å²) in [7, 11) is 0. The van der Waals surface area contributed by atoms with Gasteiger partial charge in [-0.25, -0.2) is 4.98 Å². The van der Waals surface area contributed by atoms with Gasteiger partial charge >= 0.3 is 6.18 Å². The molecule has 0 saturated heterocycles. The number of nitrogen functional groups attached to an aromatic ring is 1. The highest BCUT2D eigenvalue weighted by Gasteiger charge is 2.34. The van der Waals surface area contributed by atoms with Crippen molar-refractivity contribution >= 4 is 5.95 Å². The molecule has 1 aliphatic heterocycles. The fourth-order valence-corrected chi connectivity index (χ4v) is 2.71. The van der Waals surface area contributed by atoms with Crippen LogP contribution < -0.4 is 11.3 Å². The van der Waals surface area contributed by atoms with Crippen LogP contribution in [0.15, 0.2) is 23.3 Å². The molecule has 0 unspecified atom stereocenters. The van der Waals surface area contributed by atoms with Gasteiger partial charge in [0.1, 0.15) is 0 Å². The van der Waals surface area contributed by atoms with Crippen molar-refractivity contribution in [3.63, 3.8) is 0 Å². The predicted molar refractivity (Wildman–Crippen MR) is 76.3 cm³/mol. The van der Waals surface area contributed by atoms with Crippen molar-refractivity contribution in [1.82, 2.24) is 19.9 Å². The number of anilines is 1. The minimum Gasteiger partial charge on any atom is -0.369 e. The molecular weight excluding hydrogens is 311 g/mol. The lowest BCUT2D eigenvalue weighted by atomic mass is 10.0. The van der Waals surface area contributed by atoms with Crippen LogP contribution in [0.25, 0.3) is 0 Å². The fraction of sp³-hybridized carbons (Fsp3) is 0.357. The normalized spacial score (nSPS) is 15.4. The van der Waals surface area contributed by atoms with E-state index in [1.165, 1.54) is 6.20 Å². The number of alkyl halides is 3. The summed E-state index contributed by atoms with van der Waals surface area (Å²) in [6.45, 7) is 0.783. The summed E-state index contributed by atoms with van der Waals surface area (Å²) in [6.07, 6.45) is -1.64. The number of hydrogen-bond donors (Lipinski definition) is 2. The average Bonchev–Trinajstić information content (AvgIpc) is 2.47. The maximum Gasteiger partial charge on any atom is 0.416 e. The summed E-state index contributed by atoms with van der Waals surface area (Å²) in [6, 6.07) is 0.961. The van der Waals surface area contributed by atoms with Gasteiger partial charge in [0, 0.05) is 38.4 Å². The van der Waals surface area contributed by atoms with E-state index in [1.807, 2.05) is 0 Å². The van der Waals surface area contributed by atoms with E-state index in [1.54, 1.807) is 4.90 Å². The van der Waals surface area contributed by atoms with Crippen LogP contribution in [-0.2, 0) is 25.7 Å². The molecule has 1 aliphatic rings. The fourth-order valence-electron chi connectivity index (χ4n) is 2.71. The maximum atomic E-state index is 13.0. The smallest absolute Gasteiger partial charge is 0.369 e. The molecule has 0 saturated carbocycles. The molecule has 3 rings (SSSR count). The Morgan fingerprint density at radius 3 is 2.91 bits per heavy atom. The standard InChI is InChI=1S/C14H14F3N5O/c15-14(16,17)10-1-3-19-5-8(10)6-22-4-2-11-9(7-22)12(23)21-13(18)20-11/h1,3,5H,2,4,6-7H2,(H3,18,20,21,23). The van der Waals surface area contributed by atoms with Gasteiger partial charge in [0.15, 0.2) is 0 Å². The van der Waals surface area contributed by atoms with Gasteiger partial charge in [0.05, 0.1) is 16.8 Å². The van der Waals surface area contributed by atoms with Crippen molar-refractivity contribution in [2.24, 2.45) is 0 Å². The van der Waals surface area contributed by atoms with E-state index in [0.29, 0.717) is 24.2 Å². The average molecular weight is 325 g/mol. The van der Waals surface area contributed by atoms with Crippen molar-refractivity contribution in [3.05, 3.63) is 51.2 Å². The third-order valence-corrected chi connectivity index (χ3v) is 3.77. The van der Waals surface area contributed by atoms with Gasteiger partial charge in [-0.15, -0.1) is 0 Å². The molecular formula is C14H14F3N5O. The minimum atomic E-state index is -4.43. The lowest BCUT2D eigenvalue weighted by Crippen LogP contribution is -2.36. The molecule has 0 radical (unpaired) electrons. The number of nitrogens with zero attached hydrogens (tertiary/aromatic N) is 3. The third-order valence-electron chi connectivity index (χ3n) is 3.77. The Hall–Kier alpha value is -2.42. The summed E-state index contributed by atoms with van der Waals surface area (Å²) in [4.78, 5) is 23.9. The van der Waals surface area contributed by atoms with E-state index in [2.05, 4.69) is 15.0 Å². The van der Waals surface area contributed by atoms with Gasteiger partial charge in [-0.1, -0.05) is 0 Å². The first-order valence-electron chi connectivity index (χ1n) is 6.94. The number of nitrogens with one attached hydrogen (secondary N) is 1. The van der Waals surface area contributed by atoms with E-state index in [9.17, 15) is 18.0 Å². The molecule has 0 spiro atoms. The molecule has 0 bridgehead atoms. The molecule has 0 amide bonds. The Bertz CT molecular complexity index is 787. The molecule has 9 heteroatoms. The van der Waals surface area contributed by atoms with E-state index in [0.717, 1.165) is 12.3 Å². The number of rotatable bonds is 2. The Kier molecular flexibility index (Phi) is 3.80. The zero-order chi connectivity index (χ0) is 16.6. The number of nitrogens with two attached hydrogens (primary N) is 1. The number of aromatic amines is 1. The summed E-state index contributed by atoms with van der Waals surface area (Å²) in [5, 5.41) is 0. The molecule has 2 aromatic heterocycles. The van der Waals surface area contributed by atoms with E-state index < -0.39 is 11.7 Å². The molecule has 0 atom stereocenters. The van der Waals surface area contributed by atoms with E-state index in [4.69, 9.17) is 5.73 Å². The Balaban J connectivity index is 1.85. The number of aromatic nitrogens is 3. The van der Waals surface area contributed by atoms with Crippen LogP contribution >= 0.6 is 0 Å². The summed E-state index contributed by atoms with van der Waals surface area (Å²) in [5.74, 6) is 0.0498. The number of H-pyrrole nitrogens is 1. The first-order valence-corrected chi connectivity index (χ1v) is 6.94. The maximum absolute atomic E-state index is 13.0. The lowest BCUT2D eigenvalue weighted by molar-refractivity contribution is -0.138. The molecule has 0 aliphatic carbocycles. The van der Waals surface area contributed by atoms with Crippen LogP contribution in [-0.4, -0.2) is 26.4 Å². The van der Waals surface area contributed by atoms with Crippen LogP contribution in [0.2, 0.25) is 0 Å². The Morgan fingerprint density at radius 2 is 2.17 bits per heavy atom. The number of hydrogen-bond acceptors (Lipinski definition) is 5. The van der Waals surface area contributed by atoms with Gasteiger partial charge in [0.25, 0.3) is 5.56 Å². The van der Waals surface area contributed by atoms with E-state index in [-0.39, 0.29) is 30.2 Å². The zero-order valence-corrected chi connectivity index (χ0v) is 12.0. The molecule has 0 fully saturated rings. The molecule has 0 aromatic carbocycles. The molecule has 6 nitrogen and oxygen atoms in total. The van der Waals surface area contributed by atoms with Crippen LogP contribution in [0, 0.1) is 0 Å². The van der Waals surface area contributed by atoms with Gasteiger partial charge in [-0.05, 0) is 11.6 Å². The second-order valence-corrected chi connectivity index (χ2v) is 5.37. The highest BCUT2D eigenvalue weighted by Crippen LogP contribution is 2.32. The van der Waals surface area contributed by atoms with Crippen LogP contribution in [0.1, 0.15) is 22.4 Å². The zero-order valence-electron chi connectivity index (χ0n) is 12.0. The summed E-state index contributed by atoms with van der Waals surface area (Å²) in [5.41, 5.74) is 5.58. The third kappa shape index (κ3) is 3.19. The van der Waals surface area contributed by atoms with Crippen LogP contribution in [0.5, 0.6) is 0 Å². The van der Waals surface area contributed by atoms with Gasteiger partial charge < -0.3 is 5.73 Å². The van der Waals surface area contributed by atoms with Gasteiger partial charge in [-0.3, -0.25) is 19.7 Å². The minimum absolute atomic E-state index is 0.0498. The first-order chi connectivity index (χ1) is 10.8. The number of fused-ring (bicyclic) bond motifs is 1. The largest absolute Gasteiger partial charge is 0.416 e. The lowest BCUT2D eigenvalue weighted by Gasteiger charge is -2.28.